The molecule has 5 heteroatoms. The van der Waals surface area contributed by atoms with Crippen molar-refractivity contribution >= 4 is 23.2 Å². The van der Waals surface area contributed by atoms with Crippen molar-refractivity contribution in [3.05, 3.63) is 59.9 Å². The topological polar surface area (TPSA) is 49.4 Å². The first-order valence-electron chi connectivity index (χ1n) is 8.05. The van der Waals surface area contributed by atoms with Crippen molar-refractivity contribution in [1.82, 2.24) is 0 Å². The minimum Gasteiger partial charge on any atom is -0.325 e. The van der Waals surface area contributed by atoms with Crippen LogP contribution < -0.4 is 10.2 Å². The second kappa shape index (κ2) is 6.83. The Labute approximate surface area is 140 Å². The third kappa shape index (κ3) is 3.30. The summed E-state index contributed by atoms with van der Waals surface area (Å²) in [6.45, 7) is 2.59. The quantitative estimate of drug-likeness (QED) is 0.876. The van der Waals surface area contributed by atoms with Crippen molar-refractivity contribution in [2.24, 2.45) is 5.92 Å². The molecule has 1 saturated heterocycles. The molecule has 124 valence electrons. The largest absolute Gasteiger partial charge is 0.325 e. The van der Waals surface area contributed by atoms with E-state index in [2.05, 4.69) is 12.2 Å². The van der Waals surface area contributed by atoms with Gasteiger partial charge in [0.1, 0.15) is 11.7 Å². The predicted molar refractivity (Wildman–Crippen MR) is 91.3 cm³/mol. The van der Waals surface area contributed by atoms with Crippen molar-refractivity contribution in [2.45, 2.75) is 19.8 Å². The number of nitrogens with zero attached hydrogens (tertiary/aromatic N) is 1. The van der Waals surface area contributed by atoms with E-state index >= 15 is 0 Å². The lowest BCUT2D eigenvalue weighted by molar-refractivity contribution is -0.129. The van der Waals surface area contributed by atoms with Crippen LogP contribution in [0.3, 0.4) is 0 Å². The summed E-state index contributed by atoms with van der Waals surface area (Å²) < 4.78 is 12.9. The molecule has 1 atom stereocenters. The van der Waals surface area contributed by atoms with Gasteiger partial charge in [0.15, 0.2) is 0 Å². The fourth-order valence-electron chi connectivity index (χ4n) is 2.85. The van der Waals surface area contributed by atoms with Crippen LogP contribution >= 0.6 is 0 Å². The van der Waals surface area contributed by atoms with Crippen molar-refractivity contribution in [3.63, 3.8) is 0 Å². The second-order valence-electron chi connectivity index (χ2n) is 5.85. The molecule has 0 bridgehead atoms. The summed E-state index contributed by atoms with van der Waals surface area (Å²) in [4.78, 5) is 26.5. The third-order valence-electron chi connectivity index (χ3n) is 4.29. The van der Waals surface area contributed by atoms with E-state index < -0.39 is 5.92 Å². The van der Waals surface area contributed by atoms with Crippen molar-refractivity contribution < 1.29 is 14.0 Å². The molecule has 2 aromatic rings. The molecule has 0 unspecified atom stereocenters. The smallest absolute Gasteiger partial charge is 0.239 e. The van der Waals surface area contributed by atoms with Crippen LogP contribution in [0, 0.1) is 11.7 Å². The molecule has 0 aliphatic carbocycles. The lowest BCUT2D eigenvalue weighted by Crippen LogP contribution is -2.33. The van der Waals surface area contributed by atoms with E-state index in [0.717, 1.165) is 12.1 Å². The summed E-state index contributed by atoms with van der Waals surface area (Å²) in [7, 11) is 0. The van der Waals surface area contributed by atoms with Crippen LogP contribution in [0.5, 0.6) is 0 Å². The number of carbonyl (C=O) groups excluding carboxylic acids is 2. The van der Waals surface area contributed by atoms with Crippen LogP contribution in [-0.2, 0) is 16.0 Å². The van der Waals surface area contributed by atoms with Crippen LogP contribution in [0.2, 0.25) is 0 Å². The van der Waals surface area contributed by atoms with Crippen LogP contribution in [0.4, 0.5) is 15.8 Å². The Morgan fingerprint density at radius 3 is 2.46 bits per heavy atom. The molecule has 24 heavy (non-hydrogen) atoms. The third-order valence-corrected chi connectivity index (χ3v) is 4.29. The summed E-state index contributed by atoms with van der Waals surface area (Å²) >= 11 is 0. The number of amides is 2. The molecule has 0 radical (unpaired) electrons. The van der Waals surface area contributed by atoms with E-state index in [9.17, 15) is 14.0 Å². The Hall–Kier alpha value is -2.69. The highest BCUT2D eigenvalue weighted by Gasteiger charge is 2.37. The first-order valence-corrected chi connectivity index (χ1v) is 8.05. The Kier molecular flexibility index (Phi) is 4.60. The van der Waals surface area contributed by atoms with Gasteiger partial charge in [0, 0.05) is 17.9 Å². The standard InChI is InChI=1S/C19H19FN2O2/c1-2-13-3-9-16(10-4-13)22-12-11-17(19(22)24)18(23)21-15-7-5-14(20)6-8-15/h3-10,17H,2,11-12H2,1H3,(H,21,23)/t17-/m0/s1. The molecule has 2 amide bonds. The summed E-state index contributed by atoms with van der Waals surface area (Å²) in [5.74, 6) is -1.62. The Balaban J connectivity index is 1.68. The van der Waals surface area contributed by atoms with Gasteiger partial charge in [-0.05, 0) is 54.8 Å². The molecule has 0 spiro atoms. The van der Waals surface area contributed by atoms with E-state index in [4.69, 9.17) is 0 Å². The molecule has 1 heterocycles. The average Bonchev–Trinajstić information content (AvgIpc) is 2.98. The molecule has 1 aliphatic heterocycles. The van der Waals surface area contributed by atoms with Gasteiger partial charge in [-0.2, -0.15) is 0 Å². The number of benzene rings is 2. The number of aryl methyl sites for hydroxylation is 1. The highest BCUT2D eigenvalue weighted by molar-refractivity contribution is 6.13. The fraction of sp³-hybridized carbons (Fsp3) is 0.263. The highest BCUT2D eigenvalue weighted by atomic mass is 19.1. The first-order chi connectivity index (χ1) is 11.6. The van der Waals surface area contributed by atoms with Gasteiger partial charge in [0.05, 0.1) is 0 Å². The van der Waals surface area contributed by atoms with Gasteiger partial charge in [-0.15, -0.1) is 0 Å². The van der Waals surface area contributed by atoms with Crippen LogP contribution in [0.25, 0.3) is 0 Å². The monoisotopic (exact) mass is 326 g/mol. The maximum Gasteiger partial charge on any atom is 0.239 e. The molecule has 0 saturated carbocycles. The van der Waals surface area contributed by atoms with Gasteiger partial charge in [0.2, 0.25) is 11.8 Å². The van der Waals surface area contributed by atoms with E-state index in [1.165, 1.54) is 29.8 Å². The second-order valence-corrected chi connectivity index (χ2v) is 5.85. The fourth-order valence-corrected chi connectivity index (χ4v) is 2.85. The number of rotatable bonds is 4. The molecule has 1 fully saturated rings. The van der Waals surface area contributed by atoms with Gasteiger partial charge in [-0.1, -0.05) is 19.1 Å². The van der Waals surface area contributed by atoms with Crippen molar-refractivity contribution in [3.8, 4) is 0 Å². The predicted octanol–water partition coefficient (Wildman–Crippen LogP) is 3.38. The summed E-state index contributed by atoms with van der Waals surface area (Å²) in [6, 6.07) is 13.3. The van der Waals surface area contributed by atoms with Gasteiger partial charge in [-0.25, -0.2) is 4.39 Å². The SMILES string of the molecule is CCc1ccc(N2CC[C@@H](C(=O)Nc3ccc(F)cc3)C2=O)cc1. The molecule has 3 rings (SSSR count). The highest BCUT2D eigenvalue weighted by Crippen LogP contribution is 2.26. The maximum absolute atomic E-state index is 12.9. The maximum atomic E-state index is 12.9. The van der Waals surface area contributed by atoms with Crippen molar-refractivity contribution in [2.75, 3.05) is 16.8 Å². The molecular formula is C19H19FN2O2. The van der Waals surface area contributed by atoms with E-state index in [1.54, 1.807) is 4.90 Å². The van der Waals surface area contributed by atoms with Gasteiger partial charge in [0.25, 0.3) is 0 Å². The Morgan fingerprint density at radius 2 is 1.83 bits per heavy atom. The molecule has 2 aromatic carbocycles. The Bertz CT molecular complexity index is 741. The number of anilines is 2. The van der Waals surface area contributed by atoms with Crippen LogP contribution in [-0.4, -0.2) is 18.4 Å². The van der Waals surface area contributed by atoms with E-state index in [-0.39, 0.29) is 17.6 Å². The molecule has 4 nitrogen and oxygen atoms in total. The van der Waals surface area contributed by atoms with Gasteiger partial charge >= 0.3 is 0 Å². The normalized spacial score (nSPS) is 17.2. The zero-order valence-corrected chi connectivity index (χ0v) is 13.5. The number of carbonyl (C=O) groups is 2. The van der Waals surface area contributed by atoms with E-state index in [1.807, 2.05) is 24.3 Å². The summed E-state index contributed by atoms with van der Waals surface area (Å²) in [5.41, 5.74) is 2.50. The van der Waals surface area contributed by atoms with Crippen LogP contribution in [0.15, 0.2) is 48.5 Å². The number of hydrogen-bond donors (Lipinski definition) is 1. The first kappa shape index (κ1) is 16.2. The zero-order chi connectivity index (χ0) is 17.1. The average molecular weight is 326 g/mol. The van der Waals surface area contributed by atoms with Gasteiger partial charge in [-0.3, -0.25) is 9.59 Å². The Morgan fingerprint density at radius 1 is 1.17 bits per heavy atom. The lowest BCUT2D eigenvalue weighted by atomic mass is 10.1. The van der Waals surface area contributed by atoms with Gasteiger partial charge < -0.3 is 10.2 Å². The molecule has 1 N–H and O–H groups in total. The molecule has 1 aliphatic rings. The van der Waals surface area contributed by atoms with E-state index in [0.29, 0.717) is 18.7 Å². The lowest BCUT2D eigenvalue weighted by Gasteiger charge is -2.17. The van der Waals surface area contributed by atoms with Crippen molar-refractivity contribution in [1.29, 1.82) is 0 Å². The minimum absolute atomic E-state index is 0.195. The molecular weight excluding hydrogens is 307 g/mol. The molecule has 0 aromatic heterocycles. The van der Waals surface area contributed by atoms with Crippen LogP contribution in [0.1, 0.15) is 18.9 Å². The minimum atomic E-state index is -0.707. The number of hydrogen-bond acceptors (Lipinski definition) is 2. The number of nitrogens with one attached hydrogen (secondary N) is 1. The summed E-state index contributed by atoms with van der Waals surface area (Å²) in [5, 5.41) is 2.68. The summed E-state index contributed by atoms with van der Waals surface area (Å²) in [6.07, 6.45) is 1.41. The number of halogens is 1. The zero-order valence-electron chi connectivity index (χ0n) is 13.5.